The first-order valence-corrected chi connectivity index (χ1v) is 7.73. The lowest BCUT2D eigenvalue weighted by Gasteiger charge is -2.06. The largest absolute Gasteiger partial charge is 0.505 e. The van der Waals surface area contributed by atoms with Gasteiger partial charge >= 0.3 is 5.97 Å². The molecule has 0 aliphatic rings. The normalized spacial score (nSPS) is 12.1. The molecule has 2 aromatic carbocycles. The van der Waals surface area contributed by atoms with E-state index in [1.54, 1.807) is 43.3 Å². The van der Waals surface area contributed by atoms with Crippen molar-refractivity contribution in [2.45, 2.75) is 13.8 Å². The van der Waals surface area contributed by atoms with E-state index in [0.29, 0.717) is 16.3 Å². The Morgan fingerprint density at radius 2 is 1.75 bits per heavy atom. The molecule has 6 heteroatoms. The zero-order chi connectivity index (χ0) is 17.5. The molecule has 2 aromatic rings. The summed E-state index contributed by atoms with van der Waals surface area (Å²) in [4.78, 5) is 12.1. The van der Waals surface area contributed by atoms with Crippen LogP contribution < -0.4 is 0 Å². The van der Waals surface area contributed by atoms with Gasteiger partial charge in [0.1, 0.15) is 0 Å². The molecule has 1 N–H and O–H groups in total. The summed E-state index contributed by atoms with van der Waals surface area (Å²) in [5.41, 5.74) is 1.74. The van der Waals surface area contributed by atoms with Gasteiger partial charge in [0.25, 0.3) is 0 Å². The number of aryl methyl sites for hydroxylation is 1. The van der Waals surface area contributed by atoms with Gasteiger partial charge in [-0.05, 0) is 38.1 Å². The number of aliphatic hydroxyl groups excluding tert-OH is 1. The fraction of sp³-hybridized carbons (Fsp3) is 0.167. The van der Waals surface area contributed by atoms with E-state index in [9.17, 15) is 9.90 Å². The maximum absolute atomic E-state index is 12.1. The zero-order valence-electron chi connectivity index (χ0n) is 13.4. The van der Waals surface area contributed by atoms with Crippen molar-refractivity contribution < 1.29 is 14.6 Å². The molecule has 5 nitrogen and oxygen atoms in total. The Morgan fingerprint density at radius 3 is 2.33 bits per heavy atom. The average molecular weight is 345 g/mol. The van der Waals surface area contributed by atoms with E-state index in [-0.39, 0.29) is 18.1 Å². The lowest BCUT2D eigenvalue weighted by molar-refractivity contribution is -0.138. The van der Waals surface area contributed by atoms with Gasteiger partial charge in [-0.2, -0.15) is 5.11 Å². The van der Waals surface area contributed by atoms with Gasteiger partial charge < -0.3 is 9.84 Å². The van der Waals surface area contributed by atoms with Gasteiger partial charge in [0, 0.05) is 10.6 Å². The van der Waals surface area contributed by atoms with E-state index in [0.717, 1.165) is 5.56 Å². The quantitative estimate of drug-likeness (QED) is 0.349. The topological polar surface area (TPSA) is 71.2 Å². The van der Waals surface area contributed by atoms with Crippen LogP contribution in [0.3, 0.4) is 0 Å². The Labute approximate surface area is 145 Å². The summed E-state index contributed by atoms with van der Waals surface area (Å²) in [6, 6.07) is 13.7. The van der Waals surface area contributed by atoms with Gasteiger partial charge in [-0.15, -0.1) is 5.11 Å². The third-order valence-corrected chi connectivity index (χ3v) is 3.36. The lowest BCUT2D eigenvalue weighted by atomic mass is 10.1. The molecule has 0 saturated heterocycles. The molecule has 0 aliphatic carbocycles. The number of aliphatic hydroxyl groups is 1. The molecule has 0 aromatic heterocycles. The number of rotatable bonds is 5. The highest BCUT2D eigenvalue weighted by molar-refractivity contribution is 6.30. The molecule has 0 bridgehead atoms. The number of benzene rings is 2. The maximum Gasteiger partial charge on any atom is 0.362 e. The molecule has 0 spiro atoms. The van der Waals surface area contributed by atoms with Crippen molar-refractivity contribution in [1.29, 1.82) is 0 Å². The van der Waals surface area contributed by atoms with Crippen LogP contribution in [0.5, 0.6) is 0 Å². The van der Waals surface area contributed by atoms with E-state index >= 15 is 0 Å². The maximum atomic E-state index is 12.1. The SMILES string of the molecule is CCOC(=O)/C(N=Nc1ccc(Cl)cc1)=C(\O)c1ccc(C)cc1. The predicted octanol–water partition coefficient (Wildman–Crippen LogP) is 5.22. The van der Waals surface area contributed by atoms with E-state index in [2.05, 4.69) is 10.2 Å². The number of halogens is 1. The highest BCUT2D eigenvalue weighted by atomic mass is 35.5. The first kappa shape index (κ1) is 17.7. The van der Waals surface area contributed by atoms with Crippen LogP contribution in [0.1, 0.15) is 18.1 Å². The van der Waals surface area contributed by atoms with Crippen molar-refractivity contribution in [3.63, 3.8) is 0 Å². The van der Waals surface area contributed by atoms with Crippen molar-refractivity contribution in [3.05, 3.63) is 70.4 Å². The molecule has 0 atom stereocenters. The van der Waals surface area contributed by atoms with Crippen LogP contribution in [0.4, 0.5) is 5.69 Å². The summed E-state index contributed by atoms with van der Waals surface area (Å²) in [5.74, 6) is -1.03. The van der Waals surface area contributed by atoms with Crippen molar-refractivity contribution >= 4 is 29.0 Å². The second-order valence-electron chi connectivity index (χ2n) is 4.96. The van der Waals surface area contributed by atoms with Gasteiger partial charge in [0.05, 0.1) is 12.3 Å². The highest BCUT2D eigenvalue weighted by Gasteiger charge is 2.18. The number of esters is 1. The fourth-order valence-electron chi connectivity index (χ4n) is 1.85. The van der Waals surface area contributed by atoms with E-state index in [4.69, 9.17) is 16.3 Å². The Kier molecular flexibility index (Phi) is 6.09. The molecule has 0 fully saturated rings. The van der Waals surface area contributed by atoms with Gasteiger partial charge in [0.2, 0.25) is 5.70 Å². The smallest absolute Gasteiger partial charge is 0.362 e. The summed E-state index contributed by atoms with van der Waals surface area (Å²) < 4.78 is 4.95. The number of hydrogen-bond acceptors (Lipinski definition) is 5. The van der Waals surface area contributed by atoms with Gasteiger partial charge in [-0.25, -0.2) is 4.79 Å². The second-order valence-corrected chi connectivity index (χ2v) is 5.40. The number of carbonyl (C=O) groups is 1. The van der Waals surface area contributed by atoms with Gasteiger partial charge in [-0.3, -0.25) is 0 Å². The highest BCUT2D eigenvalue weighted by Crippen LogP contribution is 2.22. The summed E-state index contributed by atoms with van der Waals surface area (Å²) in [7, 11) is 0. The van der Waals surface area contributed by atoms with E-state index in [1.165, 1.54) is 0 Å². The van der Waals surface area contributed by atoms with Crippen LogP contribution in [0.15, 0.2) is 64.5 Å². The number of carbonyl (C=O) groups excluding carboxylic acids is 1. The summed E-state index contributed by atoms with van der Waals surface area (Å²) in [6.45, 7) is 3.77. The summed E-state index contributed by atoms with van der Waals surface area (Å²) in [5, 5.41) is 18.8. The minimum Gasteiger partial charge on any atom is -0.505 e. The molecule has 0 aliphatic heterocycles. The molecule has 0 radical (unpaired) electrons. The summed E-state index contributed by atoms with van der Waals surface area (Å²) in [6.07, 6.45) is 0. The van der Waals surface area contributed by atoms with Crippen molar-refractivity contribution in [3.8, 4) is 0 Å². The number of nitrogens with zero attached hydrogens (tertiary/aromatic N) is 2. The Bertz CT molecular complexity index is 766. The number of hydrogen-bond donors (Lipinski definition) is 1. The fourth-order valence-corrected chi connectivity index (χ4v) is 1.97. The first-order valence-electron chi connectivity index (χ1n) is 7.36. The standard InChI is InChI=1S/C18H17ClN2O3/c1-3-24-18(23)16(17(22)13-6-4-12(2)5-7-13)21-20-15-10-8-14(19)9-11-15/h4-11,22H,3H2,1-2H3/b17-16+,21-20?. The van der Waals surface area contributed by atoms with Crippen LogP contribution in [0, 0.1) is 6.92 Å². The van der Waals surface area contributed by atoms with Crippen molar-refractivity contribution in [2.75, 3.05) is 6.61 Å². The third-order valence-electron chi connectivity index (χ3n) is 3.11. The first-order chi connectivity index (χ1) is 11.5. The van der Waals surface area contributed by atoms with Crippen LogP contribution in [0.25, 0.3) is 5.76 Å². The third kappa shape index (κ3) is 4.67. The van der Waals surface area contributed by atoms with Crippen molar-refractivity contribution in [1.82, 2.24) is 0 Å². The van der Waals surface area contributed by atoms with Crippen LogP contribution >= 0.6 is 11.6 Å². The number of ether oxygens (including phenoxy) is 1. The zero-order valence-corrected chi connectivity index (χ0v) is 14.1. The van der Waals surface area contributed by atoms with Crippen molar-refractivity contribution in [2.24, 2.45) is 10.2 Å². The second kappa shape index (κ2) is 8.26. The molecular weight excluding hydrogens is 328 g/mol. The molecule has 0 saturated carbocycles. The van der Waals surface area contributed by atoms with E-state index < -0.39 is 5.97 Å². The number of azo groups is 1. The molecule has 2 rings (SSSR count). The van der Waals surface area contributed by atoms with Gasteiger partial charge in [0.15, 0.2) is 5.76 Å². The molecule has 24 heavy (non-hydrogen) atoms. The Morgan fingerprint density at radius 1 is 1.12 bits per heavy atom. The van der Waals surface area contributed by atoms with Gasteiger partial charge in [-0.1, -0.05) is 41.4 Å². The van der Waals surface area contributed by atoms with Crippen LogP contribution in [-0.2, 0) is 9.53 Å². The molecule has 0 heterocycles. The summed E-state index contributed by atoms with van der Waals surface area (Å²) >= 11 is 5.81. The minimum absolute atomic E-state index is 0.167. The predicted molar refractivity (Wildman–Crippen MR) is 93.3 cm³/mol. The Hall–Kier alpha value is -2.66. The molecule has 0 unspecified atom stereocenters. The van der Waals surface area contributed by atoms with Crippen LogP contribution in [0.2, 0.25) is 5.02 Å². The molecule has 0 amide bonds. The van der Waals surface area contributed by atoms with E-state index in [1.807, 2.05) is 19.1 Å². The van der Waals surface area contributed by atoms with Crippen LogP contribution in [-0.4, -0.2) is 17.7 Å². The molecule has 124 valence electrons. The Balaban J connectivity index is 2.40. The monoisotopic (exact) mass is 344 g/mol. The average Bonchev–Trinajstić information content (AvgIpc) is 2.57. The lowest BCUT2D eigenvalue weighted by Crippen LogP contribution is -2.08. The minimum atomic E-state index is -0.742. The molecular formula is C18H17ClN2O3.